The zero-order valence-electron chi connectivity index (χ0n) is 12.0. The first kappa shape index (κ1) is 13.2. The van der Waals surface area contributed by atoms with Crippen LogP contribution >= 0.6 is 0 Å². The molecule has 0 saturated heterocycles. The highest BCUT2D eigenvalue weighted by Gasteiger charge is 2.18. The van der Waals surface area contributed by atoms with Gasteiger partial charge in [0.1, 0.15) is 0 Å². The summed E-state index contributed by atoms with van der Waals surface area (Å²) in [7, 11) is 0. The molecule has 1 N–H and O–H groups in total. The van der Waals surface area contributed by atoms with Crippen LogP contribution in [0, 0.1) is 6.92 Å². The number of aromatic nitrogens is 3. The van der Waals surface area contributed by atoms with Gasteiger partial charge in [-0.3, -0.25) is 4.98 Å². The Morgan fingerprint density at radius 1 is 1.20 bits per heavy atom. The second-order valence-corrected chi connectivity index (χ2v) is 5.61. The van der Waals surface area contributed by atoms with Crippen molar-refractivity contribution in [1.82, 2.24) is 14.5 Å². The number of nitrogens with one attached hydrogen (secondary N) is 1. The highest BCUT2D eigenvalue weighted by atomic mass is 15.2. The van der Waals surface area contributed by atoms with Crippen LogP contribution in [0.15, 0.2) is 30.7 Å². The molecule has 2 aromatic heterocycles. The molecule has 4 heteroatoms. The molecule has 2 heterocycles. The van der Waals surface area contributed by atoms with Crippen LogP contribution < -0.4 is 5.32 Å². The van der Waals surface area contributed by atoms with Gasteiger partial charge in [-0.05, 0) is 37.5 Å². The van der Waals surface area contributed by atoms with Crippen molar-refractivity contribution in [2.24, 2.45) is 0 Å². The van der Waals surface area contributed by atoms with Crippen LogP contribution in [0.2, 0.25) is 0 Å². The van der Waals surface area contributed by atoms with E-state index in [1.165, 1.54) is 37.7 Å². The van der Waals surface area contributed by atoms with Gasteiger partial charge in [0, 0.05) is 31.2 Å². The Labute approximate surface area is 120 Å². The first-order chi connectivity index (χ1) is 9.83. The molecule has 0 radical (unpaired) electrons. The number of imidazole rings is 1. The van der Waals surface area contributed by atoms with E-state index in [4.69, 9.17) is 0 Å². The molecule has 0 atom stereocenters. The lowest BCUT2D eigenvalue weighted by molar-refractivity contribution is 0.355. The molecule has 0 spiro atoms. The van der Waals surface area contributed by atoms with Crippen molar-refractivity contribution >= 4 is 5.95 Å². The fraction of sp³-hybridized carbons (Fsp3) is 0.500. The molecule has 1 saturated carbocycles. The zero-order valence-corrected chi connectivity index (χ0v) is 12.0. The van der Waals surface area contributed by atoms with Gasteiger partial charge in [0.25, 0.3) is 0 Å². The third-order valence-corrected chi connectivity index (χ3v) is 4.02. The Morgan fingerprint density at radius 2 is 1.95 bits per heavy atom. The van der Waals surface area contributed by atoms with E-state index in [2.05, 4.69) is 33.0 Å². The van der Waals surface area contributed by atoms with Crippen molar-refractivity contribution in [2.45, 2.75) is 51.6 Å². The summed E-state index contributed by atoms with van der Waals surface area (Å²) in [5.74, 6) is 1.01. The van der Waals surface area contributed by atoms with E-state index in [0.717, 1.165) is 18.2 Å². The van der Waals surface area contributed by atoms with Crippen LogP contribution in [0.5, 0.6) is 0 Å². The van der Waals surface area contributed by atoms with E-state index in [1.54, 1.807) is 0 Å². The van der Waals surface area contributed by atoms with Crippen LogP contribution in [0.3, 0.4) is 0 Å². The molecule has 20 heavy (non-hydrogen) atoms. The molecular formula is C16H22N4. The number of anilines is 1. The van der Waals surface area contributed by atoms with Crippen molar-refractivity contribution in [2.75, 3.05) is 5.32 Å². The van der Waals surface area contributed by atoms with Crippen LogP contribution in [0.4, 0.5) is 5.95 Å². The van der Waals surface area contributed by atoms with Gasteiger partial charge in [-0.2, -0.15) is 0 Å². The quantitative estimate of drug-likeness (QED) is 0.921. The molecule has 1 aliphatic rings. The Hall–Kier alpha value is -1.84. The van der Waals surface area contributed by atoms with Gasteiger partial charge in [-0.1, -0.05) is 19.3 Å². The van der Waals surface area contributed by atoms with Crippen molar-refractivity contribution in [1.29, 1.82) is 0 Å². The van der Waals surface area contributed by atoms with Crippen LogP contribution in [-0.4, -0.2) is 14.5 Å². The molecule has 0 aliphatic heterocycles. The summed E-state index contributed by atoms with van der Waals surface area (Å²) < 4.78 is 2.34. The standard InChI is InChI=1S/C16H22N4/c1-13-12-20(15-5-3-2-4-6-15)16(19-13)18-11-14-7-9-17-10-8-14/h7-10,12,15H,2-6,11H2,1H3,(H,18,19). The van der Waals surface area contributed by atoms with Crippen molar-refractivity contribution in [3.63, 3.8) is 0 Å². The molecule has 0 aromatic carbocycles. The van der Waals surface area contributed by atoms with Gasteiger partial charge in [0.2, 0.25) is 5.95 Å². The highest BCUT2D eigenvalue weighted by Crippen LogP contribution is 2.30. The second-order valence-electron chi connectivity index (χ2n) is 5.61. The van der Waals surface area contributed by atoms with E-state index in [1.807, 2.05) is 24.5 Å². The minimum absolute atomic E-state index is 0.616. The highest BCUT2D eigenvalue weighted by molar-refractivity contribution is 5.31. The Balaban J connectivity index is 1.72. The zero-order chi connectivity index (χ0) is 13.8. The molecule has 0 bridgehead atoms. The lowest BCUT2D eigenvalue weighted by atomic mass is 9.95. The van der Waals surface area contributed by atoms with E-state index in [0.29, 0.717) is 6.04 Å². The third kappa shape index (κ3) is 3.00. The SMILES string of the molecule is Cc1cn(C2CCCCC2)c(NCc2ccncc2)n1. The average molecular weight is 270 g/mol. The van der Waals surface area contributed by atoms with Gasteiger partial charge in [-0.25, -0.2) is 4.98 Å². The van der Waals surface area contributed by atoms with Crippen LogP contribution in [0.1, 0.15) is 49.4 Å². The molecule has 1 fully saturated rings. The fourth-order valence-corrected chi connectivity index (χ4v) is 2.97. The maximum Gasteiger partial charge on any atom is 0.203 e. The number of hydrogen-bond donors (Lipinski definition) is 1. The van der Waals surface area contributed by atoms with Gasteiger partial charge in [-0.15, -0.1) is 0 Å². The molecule has 3 rings (SSSR count). The normalized spacial score (nSPS) is 16.2. The van der Waals surface area contributed by atoms with Gasteiger partial charge in [0.05, 0.1) is 5.69 Å². The summed E-state index contributed by atoms with van der Waals surface area (Å²) in [6.45, 7) is 2.86. The molecule has 0 unspecified atom stereocenters. The Kier molecular flexibility index (Phi) is 4.00. The van der Waals surface area contributed by atoms with Crippen molar-refractivity contribution in [3.8, 4) is 0 Å². The van der Waals surface area contributed by atoms with Gasteiger partial charge < -0.3 is 9.88 Å². The largest absolute Gasteiger partial charge is 0.352 e. The third-order valence-electron chi connectivity index (χ3n) is 4.02. The first-order valence-electron chi connectivity index (χ1n) is 7.51. The van der Waals surface area contributed by atoms with Gasteiger partial charge in [0.15, 0.2) is 0 Å². The minimum Gasteiger partial charge on any atom is -0.352 e. The summed E-state index contributed by atoms with van der Waals surface area (Å²) in [6, 6.07) is 4.69. The second kappa shape index (κ2) is 6.07. The van der Waals surface area contributed by atoms with Crippen molar-refractivity contribution in [3.05, 3.63) is 42.0 Å². The van der Waals surface area contributed by atoms with E-state index >= 15 is 0 Å². The van der Waals surface area contributed by atoms with Crippen molar-refractivity contribution < 1.29 is 0 Å². The number of aryl methyl sites for hydroxylation is 1. The predicted molar refractivity (Wildman–Crippen MR) is 80.6 cm³/mol. The monoisotopic (exact) mass is 270 g/mol. The minimum atomic E-state index is 0.616. The van der Waals surface area contributed by atoms with Crippen LogP contribution in [-0.2, 0) is 6.54 Å². The lowest BCUT2D eigenvalue weighted by Crippen LogP contribution is -2.15. The number of rotatable bonds is 4. The van der Waals surface area contributed by atoms with Crippen LogP contribution in [0.25, 0.3) is 0 Å². The molecule has 2 aromatic rings. The van der Waals surface area contributed by atoms with E-state index in [9.17, 15) is 0 Å². The Morgan fingerprint density at radius 3 is 2.70 bits per heavy atom. The summed E-state index contributed by atoms with van der Waals surface area (Å²) in [5.41, 5.74) is 2.32. The number of hydrogen-bond acceptors (Lipinski definition) is 3. The molecule has 0 amide bonds. The van der Waals surface area contributed by atoms with E-state index in [-0.39, 0.29) is 0 Å². The molecule has 1 aliphatic carbocycles. The molecular weight excluding hydrogens is 248 g/mol. The van der Waals surface area contributed by atoms with Gasteiger partial charge >= 0.3 is 0 Å². The maximum absolute atomic E-state index is 4.64. The number of pyridine rings is 1. The molecule has 106 valence electrons. The smallest absolute Gasteiger partial charge is 0.203 e. The molecule has 4 nitrogen and oxygen atoms in total. The average Bonchev–Trinajstić information content (AvgIpc) is 2.88. The topological polar surface area (TPSA) is 42.7 Å². The summed E-state index contributed by atoms with van der Waals surface area (Å²) >= 11 is 0. The Bertz CT molecular complexity index is 541. The summed E-state index contributed by atoms with van der Waals surface area (Å²) in [4.78, 5) is 8.68. The summed E-state index contributed by atoms with van der Waals surface area (Å²) in [5, 5.41) is 3.47. The predicted octanol–water partition coefficient (Wildman–Crippen LogP) is 3.70. The maximum atomic E-state index is 4.64. The fourth-order valence-electron chi connectivity index (χ4n) is 2.97. The lowest BCUT2D eigenvalue weighted by Gasteiger charge is -2.24. The first-order valence-corrected chi connectivity index (χ1v) is 7.51. The summed E-state index contributed by atoms with van der Waals surface area (Å²) in [6.07, 6.45) is 12.5. The van der Waals surface area contributed by atoms with E-state index < -0.39 is 0 Å². The number of nitrogens with zero attached hydrogens (tertiary/aromatic N) is 3.